The smallest absolute Gasteiger partial charge is 0.414 e. The summed E-state index contributed by atoms with van der Waals surface area (Å²) in [5, 5.41) is 17.2. The number of amides is 1. The Morgan fingerprint density at radius 2 is 1.77 bits per heavy atom. The first-order valence-electron chi connectivity index (χ1n) is 16.9. The predicted molar refractivity (Wildman–Crippen MR) is 180 cm³/mol. The molecule has 47 heavy (non-hydrogen) atoms. The summed E-state index contributed by atoms with van der Waals surface area (Å²) < 4.78 is 7.71. The fourth-order valence-electron chi connectivity index (χ4n) is 7.93. The molecule has 0 unspecified atom stereocenters. The molecule has 2 aromatic carbocycles. The Balaban J connectivity index is 1.11. The second kappa shape index (κ2) is 13.3. The molecule has 246 valence electrons. The van der Waals surface area contributed by atoms with E-state index in [2.05, 4.69) is 74.0 Å². The van der Waals surface area contributed by atoms with Crippen LogP contribution < -0.4 is 9.80 Å². The number of rotatable bonds is 7. The molecule has 4 heterocycles. The number of aromatic nitrogens is 4. The largest absolute Gasteiger partial charge is 0.476 e. The lowest BCUT2D eigenvalue weighted by molar-refractivity contribution is 0.0689. The average Bonchev–Trinajstić information content (AvgIpc) is 3.47. The molecule has 2 aromatic heterocycles. The Bertz CT molecular complexity index is 1730. The number of ether oxygens (including phenoxy) is 1. The fraction of sp³-hybridized carbons (Fsp3) is 0.472. The Morgan fingerprint density at radius 3 is 2.49 bits per heavy atom. The Hall–Kier alpha value is -4.51. The highest BCUT2D eigenvalue weighted by Gasteiger charge is 2.34. The number of hydrogen-bond donors (Lipinski definition) is 1. The van der Waals surface area contributed by atoms with E-state index >= 15 is 0 Å². The number of nitrogens with zero attached hydrogens (tertiary/aromatic N) is 7. The second-order valence-electron chi connectivity index (χ2n) is 13.3. The van der Waals surface area contributed by atoms with Crippen molar-refractivity contribution in [1.29, 1.82) is 0 Å². The zero-order valence-corrected chi connectivity index (χ0v) is 27.2. The van der Waals surface area contributed by atoms with Gasteiger partial charge in [0.1, 0.15) is 5.82 Å². The molecular weight excluding hydrogens is 594 g/mol. The van der Waals surface area contributed by atoms with Gasteiger partial charge >= 0.3 is 12.1 Å². The molecular formula is C36H43N7O4. The molecule has 0 radical (unpaired) electrons. The van der Waals surface area contributed by atoms with E-state index in [0.717, 1.165) is 93.2 Å². The van der Waals surface area contributed by atoms with E-state index < -0.39 is 5.97 Å². The van der Waals surface area contributed by atoms with Gasteiger partial charge < -0.3 is 19.3 Å². The lowest BCUT2D eigenvalue weighted by Crippen LogP contribution is -2.48. The minimum Gasteiger partial charge on any atom is -0.476 e. The van der Waals surface area contributed by atoms with Crippen molar-refractivity contribution in [2.75, 3.05) is 49.6 Å². The summed E-state index contributed by atoms with van der Waals surface area (Å²) >= 11 is 0. The number of carbonyl (C=O) groups excluding carboxylic acids is 1. The summed E-state index contributed by atoms with van der Waals surface area (Å²) in [4.78, 5) is 35.9. The maximum absolute atomic E-state index is 12.8. The number of carbonyl (C=O) groups is 2. The van der Waals surface area contributed by atoms with Crippen molar-refractivity contribution < 1.29 is 19.4 Å². The fourth-order valence-corrected chi connectivity index (χ4v) is 7.93. The topological polar surface area (TPSA) is 117 Å². The van der Waals surface area contributed by atoms with Crippen LogP contribution in [0.4, 0.5) is 16.3 Å². The molecule has 2 aliphatic heterocycles. The van der Waals surface area contributed by atoms with E-state index in [1.165, 1.54) is 37.1 Å². The molecule has 7 rings (SSSR count). The van der Waals surface area contributed by atoms with E-state index in [1.54, 1.807) is 11.0 Å². The third-order valence-corrected chi connectivity index (χ3v) is 10.3. The highest BCUT2D eigenvalue weighted by atomic mass is 16.5. The van der Waals surface area contributed by atoms with Gasteiger partial charge in [0.25, 0.3) is 0 Å². The van der Waals surface area contributed by atoms with Gasteiger partial charge in [-0.15, -0.1) is 10.2 Å². The third kappa shape index (κ3) is 6.28. The number of imidazole rings is 1. The molecule has 11 nitrogen and oxygen atoms in total. The summed E-state index contributed by atoms with van der Waals surface area (Å²) in [5.74, 6) is 1.36. The SMILES string of the molecule is COC(=O)N1c2ccc3c(nc(Cc4ccccc4)n3[C@@H]3CCC[C@@H](CN4CCN(c5ccc(C(=O)O)nn5)CC4)C3)c2CC[C@@H]1C. The van der Waals surface area contributed by atoms with E-state index in [0.29, 0.717) is 12.0 Å². The number of benzene rings is 2. The van der Waals surface area contributed by atoms with Crippen molar-refractivity contribution in [2.24, 2.45) is 5.92 Å². The zero-order valence-electron chi connectivity index (χ0n) is 27.2. The van der Waals surface area contributed by atoms with Crippen molar-refractivity contribution in [3.63, 3.8) is 0 Å². The zero-order chi connectivity index (χ0) is 32.5. The minimum atomic E-state index is -1.06. The van der Waals surface area contributed by atoms with Gasteiger partial charge in [0.15, 0.2) is 11.5 Å². The first-order valence-corrected chi connectivity index (χ1v) is 16.9. The number of carboxylic acids is 1. The van der Waals surface area contributed by atoms with Gasteiger partial charge in [-0.1, -0.05) is 36.8 Å². The average molecular weight is 638 g/mol. The number of methoxy groups -OCH3 is 1. The van der Waals surface area contributed by atoms with Crippen LogP contribution in [0.2, 0.25) is 0 Å². The van der Waals surface area contributed by atoms with Crippen LogP contribution in [-0.2, 0) is 17.6 Å². The summed E-state index contributed by atoms with van der Waals surface area (Å²) in [5.41, 5.74) is 5.47. The van der Waals surface area contributed by atoms with Gasteiger partial charge in [-0.3, -0.25) is 9.80 Å². The van der Waals surface area contributed by atoms with Crippen LogP contribution in [0.15, 0.2) is 54.6 Å². The Labute approximate surface area is 275 Å². The molecule has 2 fully saturated rings. The van der Waals surface area contributed by atoms with Crippen molar-refractivity contribution >= 4 is 34.6 Å². The van der Waals surface area contributed by atoms with Crippen molar-refractivity contribution in [3.8, 4) is 0 Å². The standard InChI is InChI=1S/C36H43N7O4/c1-24-11-12-28-30(42(24)36(46)47-2)14-15-31-34(28)37-33(22-25-7-4-3-5-8-25)43(31)27-10-6-9-26(21-27)23-40-17-19-41(20-18-40)32-16-13-29(35(44)45)38-39-32/h3-5,7-8,13-16,24,26-27H,6,9-12,17-23H2,1-2H3,(H,44,45)/t24-,26+,27+/m0/s1. The maximum atomic E-state index is 12.8. The van der Waals surface area contributed by atoms with Crippen LogP contribution in [0.25, 0.3) is 11.0 Å². The first-order chi connectivity index (χ1) is 22.9. The van der Waals surface area contributed by atoms with Gasteiger partial charge in [-0.05, 0) is 74.8 Å². The minimum absolute atomic E-state index is 0.0329. The van der Waals surface area contributed by atoms with Crippen LogP contribution in [0.3, 0.4) is 0 Å². The number of anilines is 2. The monoisotopic (exact) mass is 637 g/mol. The van der Waals surface area contributed by atoms with E-state index in [9.17, 15) is 9.59 Å². The summed E-state index contributed by atoms with van der Waals surface area (Å²) in [7, 11) is 1.45. The third-order valence-electron chi connectivity index (χ3n) is 10.3. The molecule has 11 heteroatoms. The van der Waals surface area contributed by atoms with Crippen molar-refractivity contribution in [2.45, 2.75) is 64.0 Å². The lowest BCUT2D eigenvalue weighted by atomic mass is 9.84. The number of carboxylic acid groups (broad SMARTS) is 1. The first kappa shape index (κ1) is 31.1. The quantitative estimate of drug-likeness (QED) is 0.277. The molecule has 3 aliphatic rings. The van der Waals surface area contributed by atoms with E-state index in [-0.39, 0.29) is 17.8 Å². The van der Waals surface area contributed by atoms with E-state index in [4.69, 9.17) is 14.8 Å². The normalized spacial score (nSPS) is 21.9. The molecule has 0 bridgehead atoms. The molecule has 1 aliphatic carbocycles. The number of hydrogen-bond acceptors (Lipinski definition) is 8. The van der Waals surface area contributed by atoms with Gasteiger partial charge in [0.05, 0.1) is 23.8 Å². The Kier molecular flexibility index (Phi) is 8.81. The van der Waals surface area contributed by atoms with Crippen molar-refractivity contribution in [1.82, 2.24) is 24.6 Å². The summed E-state index contributed by atoms with van der Waals surface area (Å²) in [6.07, 6.45) is 6.86. The molecule has 1 saturated carbocycles. The maximum Gasteiger partial charge on any atom is 0.414 e. The number of fused-ring (bicyclic) bond motifs is 3. The van der Waals surface area contributed by atoms with E-state index in [1.807, 2.05) is 0 Å². The number of aryl methyl sites for hydroxylation is 1. The predicted octanol–water partition coefficient (Wildman–Crippen LogP) is 5.58. The van der Waals surface area contributed by atoms with Gasteiger partial charge in [-0.2, -0.15) is 0 Å². The van der Waals surface area contributed by atoms with Crippen LogP contribution in [-0.4, -0.2) is 87.7 Å². The molecule has 1 saturated heterocycles. The molecule has 3 atom stereocenters. The van der Waals surface area contributed by atoms with Crippen LogP contribution in [0.5, 0.6) is 0 Å². The van der Waals surface area contributed by atoms with Crippen LogP contribution in [0.1, 0.15) is 72.5 Å². The lowest BCUT2D eigenvalue weighted by Gasteiger charge is -2.39. The Morgan fingerprint density at radius 1 is 0.957 bits per heavy atom. The summed E-state index contributed by atoms with van der Waals surface area (Å²) in [6.45, 7) is 6.72. The van der Waals surface area contributed by atoms with Crippen LogP contribution >= 0.6 is 0 Å². The van der Waals surface area contributed by atoms with Gasteiger partial charge in [0, 0.05) is 56.8 Å². The molecule has 1 amide bonds. The van der Waals surface area contributed by atoms with Gasteiger partial charge in [-0.25, -0.2) is 14.6 Å². The molecule has 0 spiro atoms. The molecule has 4 aromatic rings. The summed E-state index contributed by atoms with van der Waals surface area (Å²) in [6, 6.07) is 18.6. The van der Waals surface area contributed by atoms with Crippen LogP contribution in [0, 0.1) is 5.92 Å². The number of aromatic carboxylic acids is 1. The molecule has 1 N–H and O–H groups in total. The van der Waals surface area contributed by atoms with Crippen molar-refractivity contribution in [3.05, 3.63) is 77.2 Å². The van der Waals surface area contributed by atoms with Gasteiger partial charge in [0.2, 0.25) is 0 Å². The highest BCUT2D eigenvalue weighted by molar-refractivity contribution is 5.95. The number of piperazine rings is 1. The second-order valence-corrected chi connectivity index (χ2v) is 13.3. The highest BCUT2D eigenvalue weighted by Crippen LogP contribution is 2.41.